The highest BCUT2D eigenvalue weighted by Gasteiger charge is 2.34. The van der Waals surface area contributed by atoms with Gasteiger partial charge in [0, 0.05) is 16.0 Å². The average Bonchev–Trinajstić information content (AvgIpc) is 3.37. The van der Waals surface area contributed by atoms with E-state index < -0.39 is 12.0 Å². The van der Waals surface area contributed by atoms with Crippen LogP contribution in [0.1, 0.15) is 43.5 Å². The van der Waals surface area contributed by atoms with E-state index >= 15 is 0 Å². The fourth-order valence-electron chi connectivity index (χ4n) is 5.72. The maximum Gasteiger partial charge on any atom is 0.338 e. The summed E-state index contributed by atoms with van der Waals surface area (Å²) in [4.78, 5) is 32.9. The van der Waals surface area contributed by atoms with Crippen LogP contribution in [0.15, 0.2) is 99.9 Å². The van der Waals surface area contributed by atoms with Crippen LogP contribution in [-0.4, -0.2) is 30.9 Å². The lowest BCUT2D eigenvalue weighted by molar-refractivity contribution is -0.139. The molecule has 47 heavy (non-hydrogen) atoms. The number of methoxy groups -OCH3 is 1. The van der Waals surface area contributed by atoms with Gasteiger partial charge in [-0.1, -0.05) is 77.5 Å². The number of aromatic nitrogens is 1. The fourth-order valence-corrected chi connectivity index (χ4v) is 6.96. The van der Waals surface area contributed by atoms with Gasteiger partial charge in [0.2, 0.25) is 0 Å². The molecule has 240 valence electrons. The van der Waals surface area contributed by atoms with Gasteiger partial charge in [0.05, 0.1) is 42.2 Å². The molecule has 0 N–H and O–H groups in total. The molecule has 0 radical (unpaired) electrons. The molecule has 2 heterocycles. The predicted molar refractivity (Wildman–Crippen MR) is 184 cm³/mol. The summed E-state index contributed by atoms with van der Waals surface area (Å²) in [5.74, 6) is 1.29. The third-order valence-corrected chi connectivity index (χ3v) is 9.21. The van der Waals surface area contributed by atoms with Gasteiger partial charge in [0.1, 0.15) is 12.4 Å². The van der Waals surface area contributed by atoms with E-state index in [0.717, 1.165) is 27.5 Å². The Bertz CT molecular complexity index is 2200. The predicted octanol–water partition coefficient (Wildman–Crippen LogP) is 6.59. The van der Waals surface area contributed by atoms with E-state index in [2.05, 4.69) is 0 Å². The fraction of sp³-hybridized carbons (Fsp3) is 0.216. The third kappa shape index (κ3) is 6.28. The molecule has 8 nitrogen and oxygen atoms in total. The average molecular weight is 669 g/mol. The Hall–Kier alpha value is -4.86. The second kappa shape index (κ2) is 13.9. The molecule has 0 fully saturated rings. The van der Waals surface area contributed by atoms with Gasteiger partial charge in [0.15, 0.2) is 16.3 Å². The third-order valence-electron chi connectivity index (χ3n) is 7.86. The number of carbonyl (C=O) groups excluding carboxylic acids is 1. The monoisotopic (exact) mass is 668 g/mol. The molecule has 1 aromatic heterocycles. The minimum atomic E-state index is -0.761. The summed E-state index contributed by atoms with van der Waals surface area (Å²) in [6.07, 6.45) is 1.80. The van der Waals surface area contributed by atoms with Crippen LogP contribution in [0.4, 0.5) is 0 Å². The van der Waals surface area contributed by atoms with Gasteiger partial charge in [-0.05, 0) is 67.6 Å². The first-order chi connectivity index (χ1) is 22.8. The Balaban J connectivity index is 1.46. The standard InChI is InChI=1S/C37H33ClN2O6S/c1-5-44-31-19-23(15-17-30(31)46-21-24-11-7-10-14-28(24)38)20-32-35(41)40-34(33(36(42)45-6-2)22(3)39-37(40)47-32)27-16-18-29(43-4)26-13-9-8-12-25(26)27/h7-20,34H,5-6,21H2,1-4H3/t34-/m1/s1. The van der Waals surface area contributed by atoms with Crippen LogP contribution >= 0.6 is 22.9 Å². The molecule has 0 bridgehead atoms. The van der Waals surface area contributed by atoms with Crippen molar-refractivity contribution in [2.24, 2.45) is 4.99 Å². The van der Waals surface area contributed by atoms with E-state index in [0.29, 0.717) is 49.5 Å². The first-order valence-electron chi connectivity index (χ1n) is 15.2. The first kappa shape index (κ1) is 32.1. The summed E-state index contributed by atoms with van der Waals surface area (Å²) in [5.41, 5.74) is 2.92. The molecule has 10 heteroatoms. The number of benzene rings is 4. The Morgan fingerprint density at radius 2 is 1.68 bits per heavy atom. The molecular formula is C37H33ClN2O6S. The molecule has 0 aliphatic carbocycles. The van der Waals surface area contributed by atoms with Crippen LogP contribution in [0.2, 0.25) is 5.02 Å². The minimum Gasteiger partial charge on any atom is -0.496 e. The number of carbonyl (C=O) groups is 1. The topological polar surface area (TPSA) is 88.4 Å². The van der Waals surface area contributed by atoms with E-state index in [1.807, 2.05) is 85.8 Å². The highest BCUT2D eigenvalue weighted by Crippen LogP contribution is 2.38. The number of ether oxygens (including phenoxy) is 4. The van der Waals surface area contributed by atoms with E-state index in [9.17, 15) is 9.59 Å². The Morgan fingerprint density at radius 1 is 0.936 bits per heavy atom. The number of fused-ring (bicyclic) bond motifs is 2. The molecule has 1 aliphatic heterocycles. The molecule has 1 aliphatic rings. The summed E-state index contributed by atoms with van der Waals surface area (Å²) < 4.78 is 25.1. The number of allylic oxidation sites excluding steroid dienone is 1. The molecule has 0 saturated heterocycles. The number of hydrogen-bond acceptors (Lipinski definition) is 8. The van der Waals surface area contributed by atoms with Crippen molar-refractivity contribution in [2.45, 2.75) is 33.4 Å². The second-order valence-electron chi connectivity index (χ2n) is 10.7. The largest absolute Gasteiger partial charge is 0.496 e. The number of esters is 1. The van der Waals surface area contributed by atoms with Crippen molar-refractivity contribution in [1.82, 2.24) is 4.57 Å². The number of rotatable bonds is 10. The molecule has 0 unspecified atom stereocenters. The smallest absolute Gasteiger partial charge is 0.338 e. The second-order valence-corrected chi connectivity index (χ2v) is 12.1. The van der Waals surface area contributed by atoms with Crippen molar-refractivity contribution in [3.63, 3.8) is 0 Å². The van der Waals surface area contributed by atoms with Crippen molar-refractivity contribution >= 4 is 45.8 Å². The summed E-state index contributed by atoms with van der Waals surface area (Å²) in [5, 5.41) is 2.35. The molecule has 5 aromatic rings. The highest BCUT2D eigenvalue weighted by molar-refractivity contribution is 7.07. The van der Waals surface area contributed by atoms with E-state index in [1.165, 1.54) is 11.3 Å². The molecule has 4 aromatic carbocycles. The maximum atomic E-state index is 14.3. The Labute approximate surface area is 280 Å². The van der Waals surface area contributed by atoms with Crippen molar-refractivity contribution < 1.29 is 23.7 Å². The maximum absolute atomic E-state index is 14.3. The lowest BCUT2D eigenvalue weighted by atomic mass is 9.91. The first-order valence-corrected chi connectivity index (χ1v) is 16.4. The Morgan fingerprint density at radius 3 is 2.43 bits per heavy atom. The summed E-state index contributed by atoms with van der Waals surface area (Å²) in [6.45, 7) is 6.33. The van der Waals surface area contributed by atoms with Gasteiger partial charge in [0.25, 0.3) is 5.56 Å². The lowest BCUT2D eigenvalue weighted by Gasteiger charge is -2.26. The van der Waals surface area contributed by atoms with Crippen LogP contribution in [0.3, 0.4) is 0 Å². The zero-order chi connectivity index (χ0) is 33.1. The molecular weight excluding hydrogens is 636 g/mol. The van der Waals surface area contributed by atoms with Crippen LogP contribution in [0.5, 0.6) is 17.2 Å². The Kier molecular flexibility index (Phi) is 9.47. The van der Waals surface area contributed by atoms with Gasteiger partial charge in [-0.15, -0.1) is 0 Å². The highest BCUT2D eigenvalue weighted by atomic mass is 35.5. The van der Waals surface area contributed by atoms with Crippen molar-refractivity contribution in [3.8, 4) is 17.2 Å². The van der Waals surface area contributed by atoms with Gasteiger partial charge < -0.3 is 18.9 Å². The summed E-state index contributed by atoms with van der Waals surface area (Å²) >= 11 is 7.58. The molecule has 0 amide bonds. The van der Waals surface area contributed by atoms with Gasteiger partial charge >= 0.3 is 5.97 Å². The number of nitrogens with zero attached hydrogens (tertiary/aromatic N) is 2. The van der Waals surface area contributed by atoms with Gasteiger partial charge in [-0.3, -0.25) is 9.36 Å². The molecule has 0 saturated carbocycles. The van der Waals surface area contributed by atoms with E-state index in [1.54, 1.807) is 31.6 Å². The van der Waals surface area contributed by atoms with E-state index in [-0.39, 0.29) is 18.8 Å². The van der Waals surface area contributed by atoms with Crippen LogP contribution in [0.25, 0.3) is 16.8 Å². The van der Waals surface area contributed by atoms with Crippen LogP contribution < -0.4 is 29.1 Å². The normalized spacial score (nSPS) is 14.5. The van der Waals surface area contributed by atoms with Crippen LogP contribution in [-0.2, 0) is 16.1 Å². The van der Waals surface area contributed by atoms with Gasteiger partial charge in [-0.2, -0.15) is 0 Å². The number of halogens is 1. The van der Waals surface area contributed by atoms with Crippen molar-refractivity contribution in [3.05, 3.63) is 132 Å². The van der Waals surface area contributed by atoms with Gasteiger partial charge in [-0.25, -0.2) is 9.79 Å². The SMILES string of the molecule is CCOC(=O)C1=C(C)N=c2sc(=Cc3ccc(OCc4ccccc4Cl)c(OCC)c3)c(=O)n2[C@@H]1c1ccc(OC)c2ccccc12. The minimum absolute atomic E-state index is 0.191. The quantitative estimate of drug-likeness (QED) is 0.156. The molecule has 6 rings (SSSR count). The van der Waals surface area contributed by atoms with Crippen LogP contribution in [0, 0.1) is 0 Å². The van der Waals surface area contributed by atoms with Crippen molar-refractivity contribution in [2.75, 3.05) is 20.3 Å². The lowest BCUT2D eigenvalue weighted by Crippen LogP contribution is -2.40. The number of hydrogen-bond donors (Lipinski definition) is 0. The number of thiazole rings is 1. The summed E-state index contributed by atoms with van der Waals surface area (Å²) in [7, 11) is 1.62. The molecule has 0 spiro atoms. The molecule has 1 atom stereocenters. The van der Waals surface area contributed by atoms with Crippen molar-refractivity contribution in [1.29, 1.82) is 0 Å². The zero-order valence-corrected chi connectivity index (χ0v) is 28.0. The van der Waals surface area contributed by atoms with E-state index in [4.69, 9.17) is 35.5 Å². The zero-order valence-electron chi connectivity index (χ0n) is 26.4. The summed E-state index contributed by atoms with van der Waals surface area (Å²) in [6, 6.07) is 23.8.